The van der Waals surface area contributed by atoms with Gasteiger partial charge in [0.05, 0.1) is 26.8 Å². The zero-order valence-electron chi connectivity index (χ0n) is 14.1. The molecule has 1 aliphatic rings. The highest BCUT2D eigenvalue weighted by Crippen LogP contribution is 2.30. The van der Waals surface area contributed by atoms with E-state index in [1.807, 2.05) is 30.3 Å². The maximum atomic E-state index is 12.3. The lowest BCUT2D eigenvalue weighted by Gasteiger charge is -2.03. The van der Waals surface area contributed by atoms with Gasteiger partial charge in [-0.25, -0.2) is 9.79 Å². The second-order valence-corrected chi connectivity index (χ2v) is 6.71. The number of nitrogens with zero attached hydrogens (tertiary/aromatic N) is 2. The minimum Gasteiger partial charge on any atom is -0.402 e. The highest BCUT2D eigenvalue weighted by Gasteiger charge is 2.27. The third-order valence-electron chi connectivity index (χ3n) is 4.14. The number of halogens is 2. The number of benzene rings is 2. The maximum absolute atomic E-state index is 12.3. The average molecular weight is 399 g/mol. The van der Waals surface area contributed by atoms with Gasteiger partial charge in [-0.1, -0.05) is 47.5 Å². The van der Waals surface area contributed by atoms with Crippen LogP contribution in [0.1, 0.15) is 23.0 Å². The first-order valence-electron chi connectivity index (χ1n) is 8.04. The zero-order valence-corrected chi connectivity index (χ0v) is 15.6. The third-order valence-corrected chi connectivity index (χ3v) is 4.96. The Morgan fingerprint density at radius 3 is 2.70 bits per heavy atom. The third kappa shape index (κ3) is 3.05. The molecule has 0 spiro atoms. The van der Waals surface area contributed by atoms with Crippen molar-refractivity contribution in [3.63, 3.8) is 0 Å². The summed E-state index contributed by atoms with van der Waals surface area (Å²) in [6.07, 6.45) is 1.52. The molecule has 5 nitrogen and oxygen atoms in total. The number of ether oxygens (including phenoxy) is 1. The molecule has 0 saturated heterocycles. The van der Waals surface area contributed by atoms with Crippen molar-refractivity contribution in [3.05, 3.63) is 75.5 Å². The summed E-state index contributed by atoms with van der Waals surface area (Å²) in [5, 5.41) is 1.47. The SMILES string of the molecule is CC(=O)n1c(/C=C2/N=C(c3cccc(Cl)c3Cl)OC2=O)cc2ccccc21. The Labute approximate surface area is 164 Å². The predicted octanol–water partition coefficient (Wildman–Crippen LogP) is 4.95. The second-order valence-electron chi connectivity index (χ2n) is 5.92. The van der Waals surface area contributed by atoms with Crippen LogP contribution in [-0.2, 0) is 9.53 Å². The van der Waals surface area contributed by atoms with Gasteiger partial charge in [-0.05, 0) is 30.3 Å². The van der Waals surface area contributed by atoms with Crippen molar-refractivity contribution in [1.29, 1.82) is 0 Å². The molecule has 0 unspecified atom stereocenters. The van der Waals surface area contributed by atoms with Crippen LogP contribution in [0.25, 0.3) is 17.0 Å². The summed E-state index contributed by atoms with van der Waals surface area (Å²) in [6, 6.07) is 14.3. The summed E-state index contributed by atoms with van der Waals surface area (Å²) in [5.41, 5.74) is 1.79. The lowest BCUT2D eigenvalue weighted by atomic mass is 10.2. The van der Waals surface area contributed by atoms with Crippen LogP contribution < -0.4 is 0 Å². The number of aromatic nitrogens is 1. The number of fused-ring (bicyclic) bond motifs is 1. The van der Waals surface area contributed by atoms with Crippen molar-refractivity contribution in [2.24, 2.45) is 4.99 Å². The first-order valence-corrected chi connectivity index (χ1v) is 8.79. The lowest BCUT2D eigenvalue weighted by molar-refractivity contribution is -0.129. The number of cyclic esters (lactones) is 1. The molecular weight excluding hydrogens is 387 g/mol. The quantitative estimate of drug-likeness (QED) is 0.453. The van der Waals surface area contributed by atoms with E-state index in [-0.39, 0.29) is 22.5 Å². The predicted molar refractivity (Wildman–Crippen MR) is 105 cm³/mol. The van der Waals surface area contributed by atoms with Crippen LogP contribution in [0.5, 0.6) is 0 Å². The molecule has 1 aromatic heterocycles. The van der Waals surface area contributed by atoms with Crippen LogP contribution >= 0.6 is 23.2 Å². The van der Waals surface area contributed by atoms with E-state index in [9.17, 15) is 9.59 Å². The summed E-state index contributed by atoms with van der Waals surface area (Å²) in [4.78, 5) is 28.6. The molecule has 1 aliphatic heterocycles. The standard InChI is InChI=1S/C20H12Cl2N2O3/c1-11(25)24-13(9-12-5-2-3-8-17(12)24)10-16-20(26)27-19(23-16)14-6-4-7-15(21)18(14)22/h2-10H,1H3/b16-10+. The van der Waals surface area contributed by atoms with Crippen molar-refractivity contribution in [2.75, 3.05) is 0 Å². The zero-order chi connectivity index (χ0) is 19.1. The Kier molecular flexibility index (Phi) is 4.34. The topological polar surface area (TPSA) is 60.7 Å². The van der Waals surface area contributed by atoms with Gasteiger partial charge in [0.2, 0.25) is 11.8 Å². The molecule has 0 N–H and O–H groups in total. The van der Waals surface area contributed by atoms with E-state index in [2.05, 4.69) is 4.99 Å². The average Bonchev–Trinajstić information content (AvgIpc) is 3.18. The lowest BCUT2D eigenvalue weighted by Crippen LogP contribution is -2.08. The van der Waals surface area contributed by atoms with Gasteiger partial charge in [0, 0.05) is 12.3 Å². The smallest absolute Gasteiger partial charge is 0.363 e. The van der Waals surface area contributed by atoms with Crippen LogP contribution in [0.2, 0.25) is 10.0 Å². The van der Waals surface area contributed by atoms with Crippen molar-refractivity contribution in [1.82, 2.24) is 4.57 Å². The highest BCUT2D eigenvalue weighted by atomic mass is 35.5. The van der Waals surface area contributed by atoms with Crippen molar-refractivity contribution in [2.45, 2.75) is 6.92 Å². The highest BCUT2D eigenvalue weighted by molar-refractivity contribution is 6.44. The maximum Gasteiger partial charge on any atom is 0.363 e. The van der Waals surface area contributed by atoms with Crippen LogP contribution in [0, 0.1) is 0 Å². The largest absolute Gasteiger partial charge is 0.402 e. The molecular formula is C20H12Cl2N2O3. The number of aliphatic imine (C=N–C) groups is 1. The van der Waals surface area contributed by atoms with E-state index in [1.165, 1.54) is 17.6 Å². The molecule has 3 aromatic rings. The van der Waals surface area contributed by atoms with Gasteiger partial charge in [0.15, 0.2) is 5.70 Å². The number of para-hydroxylation sites is 1. The van der Waals surface area contributed by atoms with Gasteiger partial charge in [-0.2, -0.15) is 0 Å². The molecule has 134 valence electrons. The van der Waals surface area contributed by atoms with E-state index in [1.54, 1.807) is 18.2 Å². The molecule has 2 aromatic carbocycles. The fraction of sp³-hybridized carbons (Fsp3) is 0.0500. The number of carbonyl (C=O) groups is 2. The minimum absolute atomic E-state index is 0.0734. The van der Waals surface area contributed by atoms with Gasteiger partial charge in [-0.3, -0.25) is 9.36 Å². The van der Waals surface area contributed by atoms with Crippen molar-refractivity contribution in [3.8, 4) is 0 Å². The number of hydrogen-bond donors (Lipinski definition) is 0. The molecule has 0 bridgehead atoms. The molecule has 0 saturated carbocycles. The van der Waals surface area contributed by atoms with E-state index >= 15 is 0 Å². The second kappa shape index (κ2) is 6.68. The van der Waals surface area contributed by atoms with Crippen LogP contribution in [0.4, 0.5) is 0 Å². The monoisotopic (exact) mass is 398 g/mol. The Morgan fingerprint density at radius 1 is 1.15 bits per heavy atom. The summed E-state index contributed by atoms with van der Waals surface area (Å²) in [6.45, 7) is 1.46. The molecule has 0 aliphatic carbocycles. The first kappa shape index (κ1) is 17.5. The van der Waals surface area contributed by atoms with Gasteiger partial charge in [-0.15, -0.1) is 0 Å². The minimum atomic E-state index is -0.624. The number of rotatable bonds is 2. The van der Waals surface area contributed by atoms with Crippen molar-refractivity contribution < 1.29 is 14.3 Å². The fourth-order valence-electron chi connectivity index (χ4n) is 2.97. The molecule has 7 heteroatoms. The van der Waals surface area contributed by atoms with Gasteiger partial charge in [0.1, 0.15) is 0 Å². The number of hydrogen-bond acceptors (Lipinski definition) is 4. The molecule has 2 heterocycles. The molecule has 0 radical (unpaired) electrons. The number of carbonyl (C=O) groups excluding carboxylic acids is 2. The van der Waals surface area contributed by atoms with E-state index in [4.69, 9.17) is 27.9 Å². The summed E-state index contributed by atoms with van der Waals surface area (Å²) >= 11 is 12.2. The molecule has 0 amide bonds. The van der Waals surface area contributed by atoms with Gasteiger partial charge < -0.3 is 4.74 Å². The molecule has 0 fully saturated rings. The number of esters is 1. The van der Waals surface area contributed by atoms with Gasteiger partial charge in [0.25, 0.3) is 0 Å². The summed E-state index contributed by atoms with van der Waals surface area (Å²) in [5.74, 6) is -0.720. The molecule has 27 heavy (non-hydrogen) atoms. The van der Waals surface area contributed by atoms with E-state index in [0.29, 0.717) is 16.3 Å². The Bertz CT molecular complexity index is 1180. The van der Waals surface area contributed by atoms with E-state index < -0.39 is 5.97 Å². The summed E-state index contributed by atoms with van der Waals surface area (Å²) in [7, 11) is 0. The Balaban J connectivity index is 1.83. The van der Waals surface area contributed by atoms with Crippen LogP contribution in [-0.4, -0.2) is 22.3 Å². The molecule has 4 rings (SSSR count). The summed E-state index contributed by atoms with van der Waals surface area (Å²) < 4.78 is 6.77. The first-order chi connectivity index (χ1) is 13.0. The Hall–Kier alpha value is -2.89. The fourth-order valence-corrected chi connectivity index (χ4v) is 3.35. The molecule has 0 atom stereocenters. The Morgan fingerprint density at radius 2 is 1.93 bits per heavy atom. The van der Waals surface area contributed by atoms with E-state index in [0.717, 1.165) is 10.9 Å². The van der Waals surface area contributed by atoms with Crippen LogP contribution in [0.15, 0.2) is 59.2 Å². The normalized spacial score (nSPS) is 15.3. The van der Waals surface area contributed by atoms with Crippen LogP contribution in [0.3, 0.4) is 0 Å². The van der Waals surface area contributed by atoms with Gasteiger partial charge >= 0.3 is 5.97 Å². The van der Waals surface area contributed by atoms with Crippen molar-refractivity contribution >= 4 is 58.0 Å².